The molecule has 10 nitrogen and oxygen atoms in total. The van der Waals surface area contributed by atoms with Crippen molar-refractivity contribution in [2.45, 2.75) is 39.3 Å². The Labute approximate surface area is 199 Å². The fourth-order valence-corrected chi connectivity index (χ4v) is 4.28. The lowest BCUT2D eigenvalue weighted by Crippen LogP contribution is -2.35. The maximum atomic E-state index is 13.5. The second-order valence-electron chi connectivity index (χ2n) is 8.28. The highest BCUT2D eigenvalue weighted by atomic mass is 16.5. The van der Waals surface area contributed by atoms with E-state index in [4.69, 9.17) is 18.9 Å². The third-order valence-electron chi connectivity index (χ3n) is 5.95. The highest BCUT2D eigenvalue weighted by molar-refractivity contribution is 5.95. The van der Waals surface area contributed by atoms with Crippen LogP contribution in [0.1, 0.15) is 46.2 Å². The SMILES string of the molecule is CCOC(=O)c1cc2c(=O)n3cccc(C)c3nc2n(C[C@@H]2CCCO2)c1=NC(=O)c1ccco1. The van der Waals surface area contributed by atoms with E-state index in [1.165, 1.54) is 22.8 Å². The minimum absolute atomic E-state index is 0.0104. The number of pyridine rings is 2. The van der Waals surface area contributed by atoms with E-state index in [2.05, 4.69) is 4.99 Å². The average Bonchev–Trinajstić information content (AvgIpc) is 3.56. The molecule has 4 aromatic rings. The summed E-state index contributed by atoms with van der Waals surface area (Å²) in [6.45, 7) is 4.51. The first-order chi connectivity index (χ1) is 17.0. The molecular weight excluding hydrogens is 452 g/mol. The van der Waals surface area contributed by atoms with Gasteiger partial charge in [-0.3, -0.25) is 14.0 Å². The molecule has 4 aromatic heterocycles. The van der Waals surface area contributed by atoms with Crippen LogP contribution in [0.25, 0.3) is 16.7 Å². The van der Waals surface area contributed by atoms with Crippen molar-refractivity contribution in [2.75, 3.05) is 13.2 Å². The van der Waals surface area contributed by atoms with Crippen LogP contribution in [-0.4, -0.2) is 45.1 Å². The molecular formula is C25H24N4O6. The first-order valence-electron chi connectivity index (χ1n) is 11.4. The molecule has 1 atom stereocenters. The fraction of sp³-hybridized carbons (Fsp3) is 0.320. The van der Waals surface area contributed by atoms with E-state index < -0.39 is 11.9 Å². The molecule has 0 saturated carbocycles. The molecule has 0 spiro atoms. The number of nitrogens with zero attached hydrogens (tertiary/aromatic N) is 4. The smallest absolute Gasteiger partial charge is 0.341 e. The van der Waals surface area contributed by atoms with Crippen molar-refractivity contribution < 1.29 is 23.5 Å². The molecule has 5 heterocycles. The molecule has 1 saturated heterocycles. The number of amides is 1. The van der Waals surface area contributed by atoms with E-state index in [1.807, 2.05) is 13.0 Å². The van der Waals surface area contributed by atoms with Crippen LogP contribution >= 0.6 is 0 Å². The first-order valence-corrected chi connectivity index (χ1v) is 11.4. The van der Waals surface area contributed by atoms with Gasteiger partial charge in [0.2, 0.25) is 0 Å². The van der Waals surface area contributed by atoms with E-state index >= 15 is 0 Å². The molecule has 1 amide bonds. The Morgan fingerprint density at radius 3 is 2.83 bits per heavy atom. The molecule has 0 bridgehead atoms. The molecule has 0 N–H and O–H groups in total. The summed E-state index contributed by atoms with van der Waals surface area (Å²) in [5.74, 6) is -1.35. The van der Waals surface area contributed by atoms with E-state index in [0.717, 1.165) is 18.4 Å². The van der Waals surface area contributed by atoms with Gasteiger partial charge in [0, 0.05) is 12.8 Å². The zero-order valence-corrected chi connectivity index (χ0v) is 19.4. The summed E-state index contributed by atoms with van der Waals surface area (Å²) in [6, 6.07) is 8.08. The largest absolute Gasteiger partial charge is 0.462 e. The van der Waals surface area contributed by atoms with Gasteiger partial charge in [-0.2, -0.15) is 4.99 Å². The van der Waals surface area contributed by atoms with Crippen LogP contribution < -0.4 is 11.0 Å². The second kappa shape index (κ2) is 9.30. The number of carbonyl (C=O) groups excluding carboxylic acids is 2. The zero-order chi connectivity index (χ0) is 24.5. The third-order valence-corrected chi connectivity index (χ3v) is 5.95. The Morgan fingerprint density at radius 1 is 1.26 bits per heavy atom. The van der Waals surface area contributed by atoms with Crippen LogP contribution in [0.4, 0.5) is 0 Å². The van der Waals surface area contributed by atoms with Gasteiger partial charge in [0.25, 0.3) is 5.56 Å². The minimum atomic E-state index is -0.699. The molecule has 1 aliphatic rings. The number of carbonyl (C=O) groups is 2. The molecule has 10 heteroatoms. The predicted molar refractivity (Wildman–Crippen MR) is 125 cm³/mol. The van der Waals surface area contributed by atoms with Crippen molar-refractivity contribution in [3.05, 3.63) is 75.5 Å². The number of rotatable bonds is 5. The van der Waals surface area contributed by atoms with E-state index in [9.17, 15) is 14.4 Å². The van der Waals surface area contributed by atoms with Gasteiger partial charge < -0.3 is 18.5 Å². The summed E-state index contributed by atoms with van der Waals surface area (Å²) in [5, 5.41) is 0.207. The fourth-order valence-electron chi connectivity index (χ4n) is 4.28. The average molecular weight is 476 g/mol. The van der Waals surface area contributed by atoms with Gasteiger partial charge in [-0.05, 0) is 56.5 Å². The van der Waals surface area contributed by atoms with Crippen LogP contribution in [0, 0.1) is 6.92 Å². The maximum Gasteiger partial charge on any atom is 0.341 e. The van der Waals surface area contributed by atoms with Crippen molar-refractivity contribution in [1.29, 1.82) is 0 Å². The first kappa shape index (κ1) is 22.7. The van der Waals surface area contributed by atoms with Crippen molar-refractivity contribution in [2.24, 2.45) is 4.99 Å². The van der Waals surface area contributed by atoms with Crippen LogP contribution in [0.5, 0.6) is 0 Å². The lowest BCUT2D eigenvalue weighted by atomic mass is 10.1. The summed E-state index contributed by atoms with van der Waals surface area (Å²) >= 11 is 0. The summed E-state index contributed by atoms with van der Waals surface area (Å²) in [5.41, 5.74) is 1.26. The van der Waals surface area contributed by atoms with E-state index in [0.29, 0.717) is 17.9 Å². The van der Waals surface area contributed by atoms with Crippen LogP contribution in [0.15, 0.2) is 57.0 Å². The quantitative estimate of drug-likeness (QED) is 0.321. The van der Waals surface area contributed by atoms with Gasteiger partial charge in [-0.15, -0.1) is 0 Å². The number of aromatic nitrogens is 3. The number of hydrogen-bond donors (Lipinski definition) is 0. The Morgan fingerprint density at radius 2 is 2.11 bits per heavy atom. The monoisotopic (exact) mass is 476 g/mol. The Hall–Kier alpha value is -4.05. The zero-order valence-electron chi connectivity index (χ0n) is 19.4. The number of fused-ring (bicyclic) bond motifs is 2. The summed E-state index contributed by atoms with van der Waals surface area (Å²) in [7, 11) is 0. The van der Waals surface area contributed by atoms with Crippen molar-refractivity contribution >= 4 is 28.6 Å². The number of hydrogen-bond acceptors (Lipinski definition) is 7. The summed E-state index contributed by atoms with van der Waals surface area (Å²) < 4.78 is 19.3. The van der Waals surface area contributed by atoms with Crippen molar-refractivity contribution in [3.63, 3.8) is 0 Å². The lowest BCUT2D eigenvalue weighted by Gasteiger charge is -2.18. The van der Waals surface area contributed by atoms with Crippen LogP contribution in [-0.2, 0) is 16.0 Å². The van der Waals surface area contributed by atoms with Gasteiger partial charge in [-0.25, -0.2) is 9.78 Å². The lowest BCUT2D eigenvalue weighted by molar-refractivity contribution is 0.0521. The van der Waals surface area contributed by atoms with Gasteiger partial charge in [0.15, 0.2) is 11.2 Å². The third kappa shape index (κ3) is 4.17. The van der Waals surface area contributed by atoms with Gasteiger partial charge in [0.05, 0.1) is 30.9 Å². The molecule has 0 aliphatic carbocycles. The Kier molecular flexibility index (Phi) is 6.04. The predicted octanol–water partition coefficient (Wildman–Crippen LogP) is 2.65. The van der Waals surface area contributed by atoms with E-state index in [1.54, 1.807) is 29.8 Å². The van der Waals surface area contributed by atoms with Crippen molar-refractivity contribution in [1.82, 2.24) is 14.0 Å². The molecule has 35 heavy (non-hydrogen) atoms. The maximum absolute atomic E-state index is 13.5. The van der Waals surface area contributed by atoms with Gasteiger partial charge in [0.1, 0.15) is 16.9 Å². The standard InChI is InChI=1S/C25H24N4O6/c1-3-33-25(32)18-13-17-21(26-20-15(2)7-4-10-28(20)24(17)31)29(14-16-8-5-11-34-16)22(18)27-23(30)19-9-6-12-35-19/h4,6-7,9-10,12-13,16H,3,5,8,11,14H2,1-2H3/t16-/m0/s1. The Bertz CT molecular complexity index is 1560. The number of furan rings is 1. The molecule has 0 aromatic carbocycles. The highest BCUT2D eigenvalue weighted by Gasteiger charge is 2.24. The van der Waals surface area contributed by atoms with Crippen LogP contribution in [0.3, 0.4) is 0 Å². The summed E-state index contributed by atoms with van der Waals surface area (Å²) in [4.78, 5) is 48.5. The molecule has 1 aliphatic heterocycles. The van der Waals surface area contributed by atoms with Gasteiger partial charge >= 0.3 is 11.9 Å². The molecule has 180 valence electrons. The second-order valence-corrected chi connectivity index (χ2v) is 8.28. The summed E-state index contributed by atoms with van der Waals surface area (Å²) in [6.07, 6.45) is 4.48. The molecule has 0 radical (unpaired) electrons. The molecule has 0 unspecified atom stereocenters. The topological polar surface area (TPSA) is 117 Å². The van der Waals surface area contributed by atoms with Gasteiger partial charge in [-0.1, -0.05) is 6.07 Å². The highest BCUT2D eigenvalue weighted by Crippen LogP contribution is 2.18. The number of esters is 1. The molecule has 5 rings (SSSR count). The number of aryl methyl sites for hydroxylation is 1. The Balaban J connectivity index is 1.89. The van der Waals surface area contributed by atoms with Crippen LogP contribution in [0.2, 0.25) is 0 Å². The normalized spacial score (nSPS) is 16.3. The molecule has 1 fully saturated rings. The van der Waals surface area contributed by atoms with E-state index in [-0.39, 0.29) is 47.0 Å². The minimum Gasteiger partial charge on any atom is -0.462 e. The number of ether oxygens (including phenoxy) is 2. The van der Waals surface area contributed by atoms with Crippen molar-refractivity contribution in [3.8, 4) is 0 Å².